The van der Waals surface area contributed by atoms with Crippen molar-refractivity contribution >= 4 is 22.7 Å². The third kappa shape index (κ3) is 4.38. The Morgan fingerprint density at radius 3 is 2.61 bits per heavy atom. The summed E-state index contributed by atoms with van der Waals surface area (Å²) in [5.41, 5.74) is 0.406. The number of nitrogens with zero attached hydrogens (tertiary/aromatic N) is 3. The number of hydrogen-bond donors (Lipinski definition) is 1. The number of nitrogens with one attached hydrogen (secondary N) is 1. The van der Waals surface area contributed by atoms with Gasteiger partial charge < -0.3 is 19.2 Å². The maximum Gasteiger partial charge on any atom is 0.289 e. The van der Waals surface area contributed by atoms with E-state index in [-0.39, 0.29) is 35.9 Å². The van der Waals surface area contributed by atoms with E-state index >= 15 is 0 Å². The van der Waals surface area contributed by atoms with Gasteiger partial charge in [-0.1, -0.05) is 12.1 Å². The van der Waals surface area contributed by atoms with E-state index in [1.165, 1.54) is 6.26 Å². The Balaban J connectivity index is 1.45. The van der Waals surface area contributed by atoms with Crippen molar-refractivity contribution in [1.29, 1.82) is 0 Å². The van der Waals surface area contributed by atoms with E-state index in [4.69, 9.17) is 4.42 Å². The lowest BCUT2D eigenvalue weighted by atomic mass is 9.94. The molecular formula is C23H26N4O4. The highest BCUT2D eigenvalue weighted by Gasteiger charge is 2.32. The summed E-state index contributed by atoms with van der Waals surface area (Å²) < 4.78 is 5.20. The number of fused-ring (bicyclic) bond motifs is 1. The molecule has 8 heteroatoms. The number of carbonyl (C=O) groups excluding carboxylic acids is 2. The van der Waals surface area contributed by atoms with Gasteiger partial charge >= 0.3 is 0 Å². The Kier molecular flexibility index (Phi) is 5.88. The van der Waals surface area contributed by atoms with Crippen LogP contribution in [0.4, 0.5) is 0 Å². The molecule has 0 spiro atoms. The van der Waals surface area contributed by atoms with Crippen LogP contribution < -0.4 is 5.56 Å². The molecule has 0 aliphatic carbocycles. The van der Waals surface area contributed by atoms with Crippen LogP contribution in [0.5, 0.6) is 0 Å². The molecule has 0 radical (unpaired) electrons. The van der Waals surface area contributed by atoms with Crippen LogP contribution in [0.3, 0.4) is 0 Å². The number of hydrogen-bond acceptors (Lipinski definition) is 5. The van der Waals surface area contributed by atoms with Gasteiger partial charge in [-0.05, 0) is 51.0 Å². The third-order valence-electron chi connectivity index (χ3n) is 5.75. The van der Waals surface area contributed by atoms with Crippen molar-refractivity contribution < 1.29 is 14.0 Å². The van der Waals surface area contributed by atoms with Crippen LogP contribution in [0.15, 0.2) is 51.9 Å². The Hall–Kier alpha value is -3.42. The molecule has 0 unspecified atom stereocenters. The number of aromatic nitrogens is 2. The number of carbonyl (C=O) groups is 2. The number of H-pyrrole nitrogens is 1. The van der Waals surface area contributed by atoms with Crippen molar-refractivity contribution in [3.8, 4) is 0 Å². The predicted octanol–water partition coefficient (Wildman–Crippen LogP) is 2.81. The molecule has 0 bridgehead atoms. The fourth-order valence-corrected chi connectivity index (χ4v) is 4.01. The highest BCUT2D eigenvalue weighted by molar-refractivity contribution is 5.91. The van der Waals surface area contributed by atoms with E-state index in [1.807, 2.05) is 19.9 Å². The summed E-state index contributed by atoms with van der Waals surface area (Å²) in [4.78, 5) is 48.9. The molecule has 4 rings (SSSR count). The zero-order valence-corrected chi connectivity index (χ0v) is 17.7. The van der Waals surface area contributed by atoms with Gasteiger partial charge in [-0.15, -0.1) is 0 Å². The van der Waals surface area contributed by atoms with Crippen LogP contribution in [0.1, 0.15) is 43.1 Å². The minimum Gasteiger partial charge on any atom is -0.459 e. The molecular weight excluding hydrogens is 396 g/mol. The summed E-state index contributed by atoms with van der Waals surface area (Å²) in [6.07, 6.45) is 2.67. The van der Waals surface area contributed by atoms with Crippen molar-refractivity contribution in [2.24, 2.45) is 5.92 Å². The molecule has 2 aromatic heterocycles. The topological polar surface area (TPSA) is 99.5 Å². The second-order valence-corrected chi connectivity index (χ2v) is 8.13. The zero-order valence-electron chi connectivity index (χ0n) is 17.7. The standard InChI is InChI=1S/C23H26N4O4/c1-15(2)27(14-20-24-18-7-4-3-6-17(18)21(28)25-20)22(29)16-9-11-26(12-10-16)23(30)19-8-5-13-31-19/h3-8,13,15-16H,9-12,14H2,1-2H3,(H,24,25,28). The van der Waals surface area contributed by atoms with Crippen molar-refractivity contribution in [2.45, 2.75) is 39.3 Å². The number of rotatable bonds is 5. The largest absolute Gasteiger partial charge is 0.459 e. The predicted molar refractivity (Wildman–Crippen MR) is 115 cm³/mol. The quantitative estimate of drug-likeness (QED) is 0.682. The number of para-hydroxylation sites is 1. The number of furan rings is 1. The average Bonchev–Trinajstić information content (AvgIpc) is 3.31. The maximum atomic E-state index is 13.3. The van der Waals surface area contributed by atoms with Crippen molar-refractivity contribution in [3.63, 3.8) is 0 Å². The minimum atomic E-state index is -0.207. The summed E-state index contributed by atoms with van der Waals surface area (Å²) >= 11 is 0. The van der Waals surface area contributed by atoms with E-state index in [0.717, 1.165) is 0 Å². The first-order chi connectivity index (χ1) is 14.9. The molecule has 1 aliphatic rings. The van der Waals surface area contributed by atoms with Gasteiger partial charge in [0.2, 0.25) is 5.91 Å². The number of likely N-dealkylation sites (tertiary alicyclic amines) is 1. The minimum absolute atomic E-state index is 0.0240. The molecule has 3 heterocycles. The lowest BCUT2D eigenvalue weighted by molar-refractivity contribution is -0.139. The molecule has 31 heavy (non-hydrogen) atoms. The van der Waals surface area contributed by atoms with Crippen LogP contribution in [0.2, 0.25) is 0 Å². The van der Waals surface area contributed by atoms with Crippen molar-refractivity contribution in [2.75, 3.05) is 13.1 Å². The van der Waals surface area contributed by atoms with Gasteiger partial charge in [0.15, 0.2) is 5.76 Å². The van der Waals surface area contributed by atoms with Gasteiger partial charge in [0.25, 0.3) is 11.5 Å². The van der Waals surface area contributed by atoms with Crippen LogP contribution in [-0.4, -0.2) is 50.7 Å². The van der Waals surface area contributed by atoms with Gasteiger partial charge in [-0.3, -0.25) is 14.4 Å². The average molecular weight is 422 g/mol. The number of amides is 2. The molecule has 8 nitrogen and oxygen atoms in total. The second kappa shape index (κ2) is 8.75. The molecule has 1 N–H and O–H groups in total. The van der Waals surface area contributed by atoms with Crippen LogP contribution >= 0.6 is 0 Å². The Morgan fingerprint density at radius 1 is 1.19 bits per heavy atom. The summed E-state index contributed by atoms with van der Waals surface area (Å²) in [5, 5.41) is 0.530. The second-order valence-electron chi connectivity index (χ2n) is 8.13. The highest BCUT2D eigenvalue weighted by Crippen LogP contribution is 2.23. The summed E-state index contributed by atoms with van der Waals surface area (Å²) in [6, 6.07) is 10.4. The lowest BCUT2D eigenvalue weighted by Crippen LogP contribution is -2.46. The monoisotopic (exact) mass is 422 g/mol. The molecule has 3 aromatic rings. The molecule has 0 saturated carbocycles. The Morgan fingerprint density at radius 2 is 1.94 bits per heavy atom. The van der Waals surface area contributed by atoms with Gasteiger partial charge in [-0.2, -0.15) is 0 Å². The number of piperidine rings is 1. The Labute approximate surface area is 179 Å². The first-order valence-electron chi connectivity index (χ1n) is 10.5. The van der Waals surface area contributed by atoms with E-state index < -0.39 is 0 Å². The van der Waals surface area contributed by atoms with E-state index in [0.29, 0.717) is 48.4 Å². The van der Waals surface area contributed by atoms with Gasteiger partial charge in [0.1, 0.15) is 5.82 Å². The van der Waals surface area contributed by atoms with Crippen LogP contribution in [0.25, 0.3) is 10.9 Å². The summed E-state index contributed by atoms with van der Waals surface area (Å²) in [5.74, 6) is 0.497. The molecule has 0 atom stereocenters. The van der Waals surface area contributed by atoms with Crippen LogP contribution in [0, 0.1) is 5.92 Å². The van der Waals surface area contributed by atoms with Crippen molar-refractivity contribution in [1.82, 2.24) is 19.8 Å². The van der Waals surface area contributed by atoms with Gasteiger partial charge in [0.05, 0.1) is 23.7 Å². The zero-order chi connectivity index (χ0) is 22.0. The fraction of sp³-hybridized carbons (Fsp3) is 0.391. The lowest BCUT2D eigenvalue weighted by Gasteiger charge is -2.35. The molecule has 2 amide bonds. The first kappa shape index (κ1) is 20.8. The summed E-state index contributed by atoms with van der Waals surface area (Å²) in [7, 11) is 0. The fourth-order valence-electron chi connectivity index (χ4n) is 4.01. The molecule has 162 valence electrons. The van der Waals surface area contributed by atoms with E-state index in [1.54, 1.807) is 40.1 Å². The molecule has 1 fully saturated rings. The number of aromatic amines is 1. The Bertz CT molecular complexity index is 1130. The smallest absolute Gasteiger partial charge is 0.289 e. The first-order valence-corrected chi connectivity index (χ1v) is 10.5. The highest BCUT2D eigenvalue weighted by atomic mass is 16.3. The van der Waals surface area contributed by atoms with E-state index in [2.05, 4.69) is 9.97 Å². The SMILES string of the molecule is CC(C)N(Cc1nc2ccccc2c(=O)[nH]1)C(=O)C1CCN(C(=O)c2ccco2)CC1. The molecule has 1 aromatic carbocycles. The third-order valence-corrected chi connectivity index (χ3v) is 5.75. The van der Waals surface area contributed by atoms with Crippen LogP contribution in [-0.2, 0) is 11.3 Å². The normalized spacial score (nSPS) is 14.9. The summed E-state index contributed by atoms with van der Waals surface area (Å²) in [6.45, 7) is 5.15. The van der Waals surface area contributed by atoms with Crippen molar-refractivity contribution in [3.05, 3.63) is 64.6 Å². The van der Waals surface area contributed by atoms with Gasteiger partial charge in [-0.25, -0.2) is 4.98 Å². The van der Waals surface area contributed by atoms with Gasteiger partial charge in [0, 0.05) is 25.0 Å². The maximum absolute atomic E-state index is 13.3. The van der Waals surface area contributed by atoms with E-state index in [9.17, 15) is 14.4 Å². The molecule has 1 saturated heterocycles. The number of benzene rings is 1. The molecule has 1 aliphatic heterocycles.